The summed E-state index contributed by atoms with van der Waals surface area (Å²) in [7, 11) is 1.73. The maximum atomic E-state index is 5.88. The van der Waals surface area contributed by atoms with Crippen LogP contribution in [-0.2, 0) is 4.74 Å². The third-order valence-electron chi connectivity index (χ3n) is 3.38. The zero-order valence-corrected chi connectivity index (χ0v) is 11.3. The fraction of sp³-hybridized carbons (Fsp3) is 0.923. The third-order valence-corrected chi connectivity index (χ3v) is 3.38. The molecular formula is C13H27N3O. The van der Waals surface area contributed by atoms with Crippen LogP contribution >= 0.6 is 0 Å². The summed E-state index contributed by atoms with van der Waals surface area (Å²) < 4.78 is 5.11. The molecule has 0 aromatic rings. The highest BCUT2D eigenvalue weighted by molar-refractivity contribution is 5.80. The number of methoxy groups -OCH3 is 1. The van der Waals surface area contributed by atoms with Crippen molar-refractivity contribution in [3.8, 4) is 0 Å². The Morgan fingerprint density at radius 3 is 2.82 bits per heavy atom. The van der Waals surface area contributed by atoms with Gasteiger partial charge in [0.1, 0.15) is 0 Å². The lowest BCUT2D eigenvalue weighted by Crippen LogP contribution is -2.42. The molecular weight excluding hydrogens is 214 g/mol. The van der Waals surface area contributed by atoms with Crippen LogP contribution in [-0.4, -0.2) is 43.7 Å². The van der Waals surface area contributed by atoms with E-state index in [-0.39, 0.29) is 0 Å². The van der Waals surface area contributed by atoms with E-state index >= 15 is 0 Å². The SMILES string of the molecule is CCCCCCCC1CN=C(N)N1CCOC. The lowest BCUT2D eigenvalue weighted by molar-refractivity contribution is 0.164. The highest BCUT2D eigenvalue weighted by Crippen LogP contribution is 2.16. The van der Waals surface area contributed by atoms with Crippen LogP contribution in [0.4, 0.5) is 0 Å². The smallest absolute Gasteiger partial charge is 0.191 e. The normalized spacial score (nSPS) is 19.8. The molecule has 1 aliphatic heterocycles. The molecule has 4 nitrogen and oxygen atoms in total. The van der Waals surface area contributed by atoms with Crippen molar-refractivity contribution in [2.75, 3.05) is 26.8 Å². The van der Waals surface area contributed by atoms with Gasteiger partial charge in [0.15, 0.2) is 5.96 Å². The largest absolute Gasteiger partial charge is 0.383 e. The molecule has 0 aliphatic carbocycles. The Bertz CT molecular complexity index is 231. The van der Waals surface area contributed by atoms with E-state index in [1.54, 1.807) is 7.11 Å². The molecule has 17 heavy (non-hydrogen) atoms. The average Bonchev–Trinajstić information content (AvgIpc) is 2.68. The van der Waals surface area contributed by atoms with Crippen molar-refractivity contribution in [2.45, 2.75) is 51.5 Å². The Kier molecular flexibility index (Phi) is 7.01. The van der Waals surface area contributed by atoms with Crippen molar-refractivity contribution in [3.05, 3.63) is 0 Å². The molecule has 0 saturated heterocycles. The predicted molar refractivity (Wildman–Crippen MR) is 72.2 cm³/mol. The van der Waals surface area contributed by atoms with E-state index in [0.29, 0.717) is 12.0 Å². The van der Waals surface area contributed by atoms with Crippen molar-refractivity contribution in [1.82, 2.24) is 4.90 Å². The van der Waals surface area contributed by atoms with Gasteiger partial charge in [0, 0.05) is 13.7 Å². The summed E-state index contributed by atoms with van der Waals surface area (Å²) in [4.78, 5) is 6.53. The summed E-state index contributed by atoms with van der Waals surface area (Å²) in [5.74, 6) is 0.695. The first kappa shape index (κ1) is 14.3. The molecule has 100 valence electrons. The lowest BCUT2D eigenvalue weighted by atomic mass is 10.1. The van der Waals surface area contributed by atoms with E-state index in [1.165, 1.54) is 38.5 Å². The zero-order chi connectivity index (χ0) is 12.5. The molecule has 4 heteroatoms. The van der Waals surface area contributed by atoms with E-state index < -0.39 is 0 Å². The number of hydrogen-bond donors (Lipinski definition) is 1. The Morgan fingerprint density at radius 1 is 1.35 bits per heavy atom. The first-order valence-corrected chi connectivity index (χ1v) is 6.85. The number of ether oxygens (including phenoxy) is 1. The van der Waals surface area contributed by atoms with Crippen LogP contribution < -0.4 is 5.73 Å². The number of nitrogens with two attached hydrogens (primary N) is 1. The van der Waals surface area contributed by atoms with Gasteiger partial charge in [0.05, 0.1) is 19.2 Å². The number of rotatable bonds is 9. The van der Waals surface area contributed by atoms with E-state index in [2.05, 4.69) is 16.8 Å². The molecule has 0 radical (unpaired) electrons. The molecule has 1 heterocycles. The predicted octanol–water partition coefficient (Wildman–Crippen LogP) is 1.99. The van der Waals surface area contributed by atoms with Crippen molar-refractivity contribution in [3.63, 3.8) is 0 Å². The van der Waals surface area contributed by atoms with Crippen LogP contribution in [0.5, 0.6) is 0 Å². The van der Waals surface area contributed by atoms with Gasteiger partial charge in [0.2, 0.25) is 0 Å². The Balaban J connectivity index is 2.18. The van der Waals surface area contributed by atoms with E-state index in [4.69, 9.17) is 10.5 Å². The number of unbranched alkanes of at least 4 members (excludes halogenated alkanes) is 4. The van der Waals surface area contributed by atoms with Gasteiger partial charge in [-0.25, -0.2) is 0 Å². The van der Waals surface area contributed by atoms with Gasteiger partial charge < -0.3 is 15.4 Å². The minimum atomic E-state index is 0.506. The van der Waals surface area contributed by atoms with Crippen molar-refractivity contribution in [1.29, 1.82) is 0 Å². The maximum Gasteiger partial charge on any atom is 0.191 e. The molecule has 1 rings (SSSR count). The Labute approximate surface area is 105 Å². The molecule has 0 fully saturated rings. The quantitative estimate of drug-likeness (QED) is 0.628. The molecule has 1 atom stereocenters. The second-order valence-electron chi connectivity index (χ2n) is 4.74. The summed E-state index contributed by atoms with van der Waals surface area (Å²) in [6, 6.07) is 0.506. The van der Waals surface area contributed by atoms with Gasteiger partial charge in [-0.05, 0) is 6.42 Å². The minimum Gasteiger partial charge on any atom is -0.383 e. The molecule has 0 saturated carbocycles. The maximum absolute atomic E-state index is 5.88. The number of aliphatic imine (C=N–C) groups is 1. The van der Waals surface area contributed by atoms with Gasteiger partial charge in [-0.3, -0.25) is 4.99 Å². The van der Waals surface area contributed by atoms with Crippen LogP contribution in [0.1, 0.15) is 45.4 Å². The van der Waals surface area contributed by atoms with Gasteiger partial charge in [-0.1, -0.05) is 39.0 Å². The van der Waals surface area contributed by atoms with Crippen LogP contribution in [0, 0.1) is 0 Å². The molecule has 0 amide bonds. The first-order valence-electron chi connectivity index (χ1n) is 6.85. The van der Waals surface area contributed by atoms with E-state index in [0.717, 1.165) is 19.7 Å². The standard InChI is InChI=1S/C13H27N3O/c1-3-4-5-6-7-8-12-11-15-13(14)16(12)9-10-17-2/h12H,3-11H2,1-2H3,(H2,14,15). The summed E-state index contributed by atoms with van der Waals surface area (Å²) in [6.45, 7) is 4.70. The van der Waals surface area contributed by atoms with E-state index in [9.17, 15) is 0 Å². The van der Waals surface area contributed by atoms with Crippen molar-refractivity contribution in [2.24, 2.45) is 10.7 Å². The molecule has 1 aliphatic rings. The molecule has 2 N–H and O–H groups in total. The van der Waals surface area contributed by atoms with Crippen LogP contribution in [0.3, 0.4) is 0 Å². The van der Waals surface area contributed by atoms with E-state index in [1.807, 2.05) is 0 Å². The number of nitrogens with zero attached hydrogens (tertiary/aromatic N) is 2. The number of hydrogen-bond acceptors (Lipinski definition) is 4. The fourth-order valence-corrected chi connectivity index (χ4v) is 2.29. The summed E-state index contributed by atoms with van der Waals surface area (Å²) in [5.41, 5.74) is 5.88. The summed E-state index contributed by atoms with van der Waals surface area (Å²) in [6.07, 6.45) is 7.85. The summed E-state index contributed by atoms with van der Waals surface area (Å²) in [5, 5.41) is 0. The van der Waals surface area contributed by atoms with Gasteiger partial charge in [0.25, 0.3) is 0 Å². The van der Waals surface area contributed by atoms with Gasteiger partial charge in [-0.15, -0.1) is 0 Å². The minimum absolute atomic E-state index is 0.506. The fourth-order valence-electron chi connectivity index (χ4n) is 2.29. The molecule has 0 bridgehead atoms. The Hall–Kier alpha value is -0.770. The van der Waals surface area contributed by atoms with Crippen LogP contribution in [0.2, 0.25) is 0 Å². The highest BCUT2D eigenvalue weighted by atomic mass is 16.5. The highest BCUT2D eigenvalue weighted by Gasteiger charge is 2.24. The zero-order valence-electron chi connectivity index (χ0n) is 11.3. The molecule has 1 unspecified atom stereocenters. The number of guanidine groups is 1. The average molecular weight is 241 g/mol. The lowest BCUT2D eigenvalue weighted by Gasteiger charge is -2.25. The molecule has 0 aromatic carbocycles. The second kappa shape index (κ2) is 8.34. The first-order chi connectivity index (χ1) is 8.29. The van der Waals surface area contributed by atoms with Gasteiger partial charge >= 0.3 is 0 Å². The summed E-state index contributed by atoms with van der Waals surface area (Å²) >= 11 is 0. The van der Waals surface area contributed by atoms with Gasteiger partial charge in [-0.2, -0.15) is 0 Å². The van der Waals surface area contributed by atoms with Crippen molar-refractivity contribution >= 4 is 5.96 Å². The Morgan fingerprint density at radius 2 is 2.12 bits per heavy atom. The topological polar surface area (TPSA) is 50.8 Å². The van der Waals surface area contributed by atoms with Crippen molar-refractivity contribution < 1.29 is 4.74 Å². The molecule has 0 aromatic heterocycles. The third kappa shape index (κ3) is 4.94. The monoisotopic (exact) mass is 241 g/mol. The molecule has 0 spiro atoms. The second-order valence-corrected chi connectivity index (χ2v) is 4.74. The van der Waals surface area contributed by atoms with Crippen LogP contribution in [0.25, 0.3) is 0 Å². The van der Waals surface area contributed by atoms with Crippen LogP contribution in [0.15, 0.2) is 4.99 Å².